The maximum Gasteiger partial charge on any atom is 0.119 e. The number of benzene rings is 1. The molecule has 0 amide bonds. The van der Waals surface area contributed by atoms with Crippen molar-refractivity contribution in [3.63, 3.8) is 0 Å². The number of ether oxygens (including phenoxy) is 1. The Morgan fingerprint density at radius 2 is 1.78 bits per heavy atom. The number of hydrogen-bond donors (Lipinski definition) is 1. The molecule has 0 spiro atoms. The predicted molar refractivity (Wildman–Crippen MR) is 78.2 cm³/mol. The largest absolute Gasteiger partial charge is 0.494 e. The molecule has 0 saturated heterocycles. The van der Waals surface area contributed by atoms with E-state index >= 15 is 0 Å². The molecule has 102 valence electrons. The van der Waals surface area contributed by atoms with E-state index in [4.69, 9.17) is 4.74 Å². The zero-order valence-corrected chi connectivity index (χ0v) is 12.0. The average molecular weight is 249 g/mol. The highest BCUT2D eigenvalue weighted by Crippen LogP contribution is 2.17. The molecule has 1 N–H and O–H groups in total. The van der Waals surface area contributed by atoms with Gasteiger partial charge in [-0.25, -0.2) is 0 Å². The van der Waals surface area contributed by atoms with Crippen LogP contribution in [-0.4, -0.2) is 13.2 Å². The Morgan fingerprint density at radius 3 is 2.39 bits per heavy atom. The van der Waals surface area contributed by atoms with Gasteiger partial charge in [-0.1, -0.05) is 45.2 Å². The van der Waals surface area contributed by atoms with Gasteiger partial charge in [-0.05, 0) is 37.6 Å². The van der Waals surface area contributed by atoms with Crippen molar-refractivity contribution in [3.8, 4) is 5.75 Å². The molecule has 1 rings (SSSR count). The van der Waals surface area contributed by atoms with Crippen LogP contribution in [0.25, 0.3) is 0 Å². The van der Waals surface area contributed by atoms with Gasteiger partial charge in [-0.3, -0.25) is 0 Å². The van der Waals surface area contributed by atoms with Crippen molar-refractivity contribution < 1.29 is 4.74 Å². The first-order valence-electron chi connectivity index (χ1n) is 7.24. The lowest BCUT2D eigenvalue weighted by Gasteiger charge is -2.13. The topological polar surface area (TPSA) is 21.3 Å². The summed E-state index contributed by atoms with van der Waals surface area (Å²) in [5, 5.41) is 3.41. The molecule has 1 aromatic carbocycles. The minimum Gasteiger partial charge on any atom is -0.494 e. The third-order valence-electron chi connectivity index (χ3n) is 3.16. The van der Waals surface area contributed by atoms with E-state index in [1.165, 1.54) is 24.8 Å². The summed E-state index contributed by atoms with van der Waals surface area (Å²) in [6.07, 6.45) is 5.01. The van der Waals surface area contributed by atoms with E-state index in [1.54, 1.807) is 0 Å². The summed E-state index contributed by atoms with van der Waals surface area (Å²) in [5.41, 5.74) is 1.31. The zero-order valence-electron chi connectivity index (χ0n) is 12.0. The highest BCUT2D eigenvalue weighted by molar-refractivity contribution is 5.28. The molecule has 0 bridgehead atoms. The molecule has 0 aliphatic carbocycles. The molecule has 2 heteroatoms. The molecule has 0 fully saturated rings. The summed E-state index contributed by atoms with van der Waals surface area (Å²) < 4.78 is 5.73. The molecule has 0 aliphatic heterocycles. The molecule has 1 atom stereocenters. The van der Waals surface area contributed by atoms with E-state index in [1.807, 2.05) is 0 Å². The van der Waals surface area contributed by atoms with Crippen LogP contribution in [0.4, 0.5) is 0 Å². The minimum atomic E-state index is 0.411. The normalized spacial score (nSPS) is 12.4. The van der Waals surface area contributed by atoms with Crippen LogP contribution in [0.1, 0.15) is 58.1 Å². The smallest absolute Gasteiger partial charge is 0.119 e. The SMILES string of the molecule is CCCCCCOc1ccc(C(C)NCC)cc1. The Bertz CT molecular complexity index is 307. The van der Waals surface area contributed by atoms with Gasteiger partial charge < -0.3 is 10.1 Å². The lowest BCUT2D eigenvalue weighted by atomic mass is 10.1. The van der Waals surface area contributed by atoms with Gasteiger partial charge in [0.2, 0.25) is 0 Å². The summed E-state index contributed by atoms with van der Waals surface area (Å²) in [5.74, 6) is 0.985. The Hall–Kier alpha value is -1.02. The first-order valence-corrected chi connectivity index (χ1v) is 7.24. The summed E-state index contributed by atoms with van der Waals surface area (Å²) in [6.45, 7) is 8.37. The van der Waals surface area contributed by atoms with Gasteiger partial charge in [0.15, 0.2) is 0 Å². The maximum absolute atomic E-state index is 5.73. The molecule has 18 heavy (non-hydrogen) atoms. The second kappa shape index (κ2) is 8.98. The van der Waals surface area contributed by atoms with Crippen molar-refractivity contribution >= 4 is 0 Å². The second-order valence-electron chi connectivity index (χ2n) is 4.76. The van der Waals surface area contributed by atoms with Gasteiger partial charge in [0.1, 0.15) is 5.75 Å². The van der Waals surface area contributed by atoms with Gasteiger partial charge in [0.25, 0.3) is 0 Å². The lowest BCUT2D eigenvalue weighted by molar-refractivity contribution is 0.305. The Morgan fingerprint density at radius 1 is 1.06 bits per heavy atom. The van der Waals surface area contributed by atoms with E-state index in [-0.39, 0.29) is 0 Å². The number of unbranched alkanes of at least 4 members (excludes halogenated alkanes) is 3. The maximum atomic E-state index is 5.73. The number of nitrogens with one attached hydrogen (secondary N) is 1. The Kier molecular flexibility index (Phi) is 7.51. The first-order chi connectivity index (χ1) is 8.77. The molecule has 0 aromatic heterocycles. The van der Waals surface area contributed by atoms with Gasteiger partial charge >= 0.3 is 0 Å². The van der Waals surface area contributed by atoms with Gasteiger partial charge in [0, 0.05) is 6.04 Å². The van der Waals surface area contributed by atoms with Gasteiger partial charge in [0.05, 0.1) is 6.61 Å². The van der Waals surface area contributed by atoms with Crippen molar-refractivity contribution in [3.05, 3.63) is 29.8 Å². The fourth-order valence-electron chi connectivity index (χ4n) is 2.00. The Balaban J connectivity index is 2.31. The van der Waals surface area contributed by atoms with E-state index in [2.05, 4.69) is 50.4 Å². The van der Waals surface area contributed by atoms with E-state index in [0.29, 0.717) is 6.04 Å². The fourth-order valence-corrected chi connectivity index (χ4v) is 2.00. The molecule has 1 aromatic rings. The molecule has 0 aliphatic rings. The van der Waals surface area contributed by atoms with Crippen LogP contribution >= 0.6 is 0 Å². The molecular formula is C16H27NO. The summed E-state index contributed by atoms with van der Waals surface area (Å²) in [7, 11) is 0. The zero-order chi connectivity index (χ0) is 13.2. The number of hydrogen-bond acceptors (Lipinski definition) is 2. The molecular weight excluding hydrogens is 222 g/mol. The predicted octanol–water partition coefficient (Wildman–Crippen LogP) is 4.32. The van der Waals surface area contributed by atoms with Crippen molar-refractivity contribution in [2.45, 2.75) is 52.5 Å². The fraction of sp³-hybridized carbons (Fsp3) is 0.625. The minimum absolute atomic E-state index is 0.411. The van der Waals surface area contributed by atoms with Crippen LogP contribution in [0.3, 0.4) is 0 Å². The highest BCUT2D eigenvalue weighted by atomic mass is 16.5. The van der Waals surface area contributed by atoms with E-state index in [0.717, 1.165) is 25.3 Å². The van der Waals surface area contributed by atoms with E-state index < -0.39 is 0 Å². The molecule has 0 heterocycles. The monoisotopic (exact) mass is 249 g/mol. The summed E-state index contributed by atoms with van der Waals surface area (Å²) in [6, 6.07) is 8.85. The third kappa shape index (κ3) is 5.54. The molecule has 0 radical (unpaired) electrons. The average Bonchev–Trinajstić information content (AvgIpc) is 2.39. The van der Waals surface area contributed by atoms with Crippen LogP contribution < -0.4 is 10.1 Å². The van der Waals surface area contributed by atoms with Gasteiger partial charge in [-0.2, -0.15) is 0 Å². The molecule has 2 nitrogen and oxygen atoms in total. The van der Waals surface area contributed by atoms with Gasteiger partial charge in [-0.15, -0.1) is 0 Å². The van der Waals surface area contributed by atoms with Crippen molar-refractivity contribution in [1.29, 1.82) is 0 Å². The van der Waals surface area contributed by atoms with Crippen LogP contribution in [-0.2, 0) is 0 Å². The van der Waals surface area contributed by atoms with Crippen LogP contribution in [0, 0.1) is 0 Å². The van der Waals surface area contributed by atoms with Crippen LogP contribution in [0.15, 0.2) is 24.3 Å². The summed E-state index contributed by atoms with van der Waals surface area (Å²) in [4.78, 5) is 0. The molecule has 1 unspecified atom stereocenters. The van der Waals surface area contributed by atoms with Crippen molar-refractivity contribution in [2.75, 3.05) is 13.2 Å². The van der Waals surface area contributed by atoms with Crippen molar-refractivity contribution in [2.24, 2.45) is 0 Å². The van der Waals surface area contributed by atoms with Crippen LogP contribution in [0.5, 0.6) is 5.75 Å². The van der Waals surface area contributed by atoms with Crippen LogP contribution in [0.2, 0.25) is 0 Å². The second-order valence-corrected chi connectivity index (χ2v) is 4.76. The first kappa shape index (κ1) is 15.0. The third-order valence-corrected chi connectivity index (χ3v) is 3.16. The molecule has 0 saturated carbocycles. The highest BCUT2D eigenvalue weighted by Gasteiger charge is 2.03. The van der Waals surface area contributed by atoms with Crippen molar-refractivity contribution in [1.82, 2.24) is 5.32 Å². The number of rotatable bonds is 9. The summed E-state index contributed by atoms with van der Waals surface area (Å²) >= 11 is 0. The lowest BCUT2D eigenvalue weighted by Crippen LogP contribution is -2.17. The Labute approximate surface area is 112 Å². The van der Waals surface area contributed by atoms with E-state index in [9.17, 15) is 0 Å². The quantitative estimate of drug-likeness (QED) is 0.658. The standard InChI is InChI=1S/C16H27NO/c1-4-6-7-8-13-18-16-11-9-15(10-12-16)14(3)17-5-2/h9-12,14,17H,4-8,13H2,1-3H3.